The van der Waals surface area contributed by atoms with Crippen LogP contribution in [0.1, 0.15) is 5.56 Å². The van der Waals surface area contributed by atoms with Crippen molar-refractivity contribution >= 4 is 11.9 Å². The molecule has 0 spiro atoms. The summed E-state index contributed by atoms with van der Waals surface area (Å²) in [6.45, 7) is 3.68. The number of nitrogens with zero attached hydrogens (tertiary/aromatic N) is 3. The van der Waals surface area contributed by atoms with Crippen LogP contribution in [0.5, 0.6) is 17.2 Å². The van der Waals surface area contributed by atoms with Crippen molar-refractivity contribution in [1.82, 2.24) is 5.01 Å². The molecule has 0 aliphatic carbocycles. The minimum Gasteiger partial charge on any atom is -0.493 e. The molecule has 0 amide bonds. The van der Waals surface area contributed by atoms with Crippen LogP contribution in [-0.2, 0) is 0 Å². The highest BCUT2D eigenvalue weighted by molar-refractivity contribution is 5.82. The van der Waals surface area contributed by atoms with Gasteiger partial charge in [0.15, 0.2) is 11.5 Å². The molecule has 1 heterocycles. The van der Waals surface area contributed by atoms with Crippen molar-refractivity contribution in [3.05, 3.63) is 48.0 Å². The van der Waals surface area contributed by atoms with E-state index in [1.807, 2.05) is 24.4 Å². The van der Waals surface area contributed by atoms with Gasteiger partial charge in [-0.2, -0.15) is 5.10 Å². The fourth-order valence-electron chi connectivity index (χ4n) is 3.03. The molecular weight excluding hydrogens is 330 g/mol. The van der Waals surface area contributed by atoms with Crippen LogP contribution in [0.2, 0.25) is 0 Å². The summed E-state index contributed by atoms with van der Waals surface area (Å²) in [7, 11) is 4.82. The van der Waals surface area contributed by atoms with Crippen LogP contribution < -0.4 is 19.1 Å². The van der Waals surface area contributed by atoms with Gasteiger partial charge in [0.1, 0.15) is 0 Å². The molecule has 0 saturated carbocycles. The van der Waals surface area contributed by atoms with Crippen LogP contribution in [0, 0.1) is 0 Å². The van der Waals surface area contributed by atoms with Crippen LogP contribution >= 0.6 is 0 Å². The Morgan fingerprint density at radius 2 is 1.46 bits per heavy atom. The second-order valence-corrected chi connectivity index (χ2v) is 5.98. The lowest BCUT2D eigenvalue weighted by atomic mass is 10.2. The van der Waals surface area contributed by atoms with Crippen molar-refractivity contribution in [2.75, 3.05) is 52.4 Å². The third-order valence-electron chi connectivity index (χ3n) is 4.43. The van der Waals surface area contributed by atoms with Crippen molar-refractivity contribution in [2.45, 2.75) is 0 Å². The predicted molar refractivity (Wildman–Crippen MR) is 104 cm³/mol. The minimum absolute atomic E-state index is 0.587. The third-order valence-corrected chi connectivity index (χ3v) is 4.43. The van der Waals surface area contributed by atoms with Gasteiger partial charge in [0.05, 0.1) is 40.6 Å². The molecule has 2 aromatic rings. The second kappa shape index (κ2) is 8.47. The zero-order valence-corrected chi connectivity index (χ0v) is 15.5. The van der Waals surface area contributed by atoms with E-state index >= 15 is 0 Å². The summed E-state index contributed by atoms with van der Waals surface area (Å²) < 4.78 is 16.1. The van der Waals surface area contributed by atoms with Gasteiger partial charge < -0.3 is 19.1 Å². The molecule has 0 aromatic heterocycles. The Morgan fingerprint density at radius 3 is 2.00 bits per heavy atom. The Kier molecular flexibility index (Phi) is 5.84. The first-order chi connectivity index (χ1) is 12.7. The summed E-state index contributed by atoms with van der Waals surface area (Å²) in [5.74, 6) is 1.84. The fraction of sp³-hybridized carbons (Fsp3) is 0.350. The number of hydrogen-bond acceptors (Lipinski definition) is 6. The number of methoxy groups -OCH3 is 3. The molecule has 0 N–H and O–H groups in total. The molecule has 0 atom stereocenters. The Hall–Kier alpha value is -2.89. The highest BCUT2D eigenvalue weighted by atomic mass is 16.5. The first-order valence-electron chi connectivity index (χ1n) is 8.64. The predicted octanol–water partition coefficient (Wildman–Crippen LogP) is 2.87. The molecule has 0 radical (unpaired) electrons. The fourth-order valence-corrected chi connectivity index (χ4v) is 3.03. The second-order valence-electron chi connectivity index (χ2n) is 5.98. The van der Waals surface area contributed by atoms with E-state index in [9.17, 15) is 0 Å². The minimum atomic E-state index is 0.587. The van der Waals surface area contributed by atoms with E-state index in [4.69, 9.17) is 14.2 Å². The number of benzene rings is 2. The largest absolute Gasteiger partial charge is 0.493 e. The molecule has 138 valence electrons. The molecule has 0 bridgehead atoms. The van der Waals surface area contributed by atoms with E-state index in [1.165, 1.54) is 5.69 Å². The van der Waals surface area contributed by atoms with Crippen molar-refractivity contribution < 1.29 is 14.2 Å². The molecule has 0 unspecified atom stereocenters. The van der Waals surface area contributed by atoms with Crippen LogP contribution in [0.4, 0.5) is 5.69 Å². The number of hydrazone groups is 1. The van der Waals surface area contributed by atoms with E-state index < -0.39 is 0 Å². The molecule has 1 saturated heterocycles. The van der Waals surface area contributed by atoms with Gasteiger partial charge in [0, 0.05) is 24.3 Å². The lowest BCUT2D eigenvalue weighted by Gasteiger charge is -2.34. The first kappa shape index (κ1) is 17.9. The van der Waals surface area contributed by atoms with Gasteiger partial charge in [-0.3, -0.25) is 5.01 Å². The smallest absolute Gasteiger partial charge is 0.203 e. The van der Waals surface area contributed by atoms with Crippen LogP contribution in [0.15, 0.2) is 47.6 Å². The standard InChI is InChI=1S/C20H25N3O3/c1-24-18-13-16(14-19(25-2)20(18)26-3)15-21-23-11-9-22(10-12-23)17-7-5-4-6-8-17/h4-8,13-15H,9-12H2,1-3H3/b21-15-. The molecule has 1 aliphatic rings. The Labute approximate surface area is 154 Å². The molecular formula is C20H25N3O3. The van der Waals surface area contributed by atoms with Gasteiger partial charge in [0.25, 0.3) is 0 Å². The summed E-state index contributed by atoms with van der Waals surface area (Å²) in [4.78, 5) is 2.38. The van der Waals surface area contributed by atoms with Gasteiger partial charge in [-0.25, -0.2) is 0 Å². The first-order valence-corrected chi connectivity index (χ1v) is 8.64. The number of ether oxygens (including phenoxy) is 3. The van der Waals surface area contributed by atoms with Crippen molar-refractivity contribution in [3.8, 4) is 17.2 Å². The highest BCUT2D eigenvalue weighted by Gasteiger charge is 2.16. The van der Waals surface area contributed by atoms with Gasteiger partial charge in [-0.1, -0.05) is 18.2 Å². The average molecular weight is 355 g/mol. The normalized spacial score (nSPS) is 14.6. The number of anilines is 1. The number of para-hydroxylation sites is 1. The van der Waals surface area contributed by atoms with E-state index in [0.717, 1.165) is 31.7 Å². The number of piperazine rings is 1. The van der Waals surface area contributed by atoms with E-state index in [1.54, 1.807) is 21.3 Å². The molecule has 2 aromatic carbocycles. The lowest BCUT2D eigenvalue weighted by Crippen LogP contribution is -2.44. The Bertz CT molecular complexity index is 716. The zero-order chi connectivity index (χ0) is 18.4. The molecule has 6 heteroatoms. The number of rotatable bonds is 6. The molecule has 1 fully saturated rings. The SMILES string of the molecule is COc1cc(/C=N\N2CCN(c3ccccc3)CC2)cc(OC)c1OC. The Morgan fingerprint density at radius 1 is 0.846 bits per heavy atom. The summed E-state index contributed by atoms with van der Waals surface area (Å²) in [6.07, 6.45) is 1.84. The van der Waals surface area contributed by atoms with E-state index in [-0.39, 0.29) is 0 Å². The third kappa shape index (κ3) is 4.02. The quantitative estimate of drug-likeness (QED) is 0.746. The zero-order valence-electron chi connectivity index (χ0n) is 15.5. The molecule has 6 nitrogen and oxygen atoms in total. The Balaban J connectivity index is 1.66. The maximum Gasteiger partial charge on any atom is 0.203 e. The molecule has 26 heavy (non-hydrogen) atoms. The topological polar surface area (TPSA) is 46.5 Å². The summed E-state index contributed by atoms with van der Waals surface area (Å²) >= 11 is 0. The van der Waals surface area contributed by atoms with Crippen LogP contribution in [0.25, 0.3) is 0 Å². The van der Waals surface area contributed by atoms with E-state index in [0.29, 0.717) is 17.2 Å². The summed E-state index contributed by atoms with van der Waals surface area (Å²) in [5, 5.41) is 6.70. The van der Waals surface area contributed by atoms with Gasteiger partial charge in [0.2, 0.25) is 5.75 Å². The summed E-state index contributed by atoms with van der Waals surface area (Å²) in [6, 6.07) is 14.3. The van der Waals surface area contributed by atoms with Gasteiger partial charge in [-0.15, -0.1) is 0 Å². The van der Waals surface area contributed by atoms with Crippen molar-refractivity contribution in [3.63, 3.8) is 0 Å². The van der Waals surface area contributed by atoms with E-state index in [2.05, 4.69) is 39.3 Å². The highest BCUT2D eigenvalue weighted by Crippen LogP contribution is 2.37. The lowest BCUT2D eigenvalue weighted by molar-refractivity contribution is 0.272. The van der Waals surface area contributed by atoms with Crippen molar-refractivity contribution in [1.29, 1.82) is 0 Å². The molecule has 1 aliphatic heterocycles. The monoisotopic (exact) mass is 355 g/mol. The van der Waals surface area contributed by atoms with Crippen molar-refractivity contribution in [2.24, 2.45) is 5.10 Å². The molecule has 3 rings (SSSR count). The number of hydrogen-bond donors (Lipinski definition) is 0. The van der Waals surface area contributed by atoms with Crippen LogP contribution in [-0.4, -0.2) is 58.7 Å². The maximum absolute atomic E-state index is 5.39. The van der Waals surface area contributed by atoms with Crippen LogP contribution in [0.3, 0.4) is 0 Å². The maximum atomic E-state index is 5.39. The summed E-state index contributed by atoms with van der Waals surface area (Å²) in [5.41, 5.74) is 2.17. The van der Waals surface area contributed by atoms with Gasteiger partial charge in [-0.05, 0) is 24.3 Å². The van der Waals surface area contributed by atoms with Gasteiger partial charge >= 0.3 is 0 Å². The average Bonchev–Trinajstić information content (AvgIpc) is 2.72.